The van der Waals surface area contributed by atoms with Gasteiger partial charge in [0.25, 0.3) is 0 Å². The molecule has 1 aliphatic rings. The Kier molecular flexibility index (Phi) is 6.20. The van der Waals surface area contributed by atoms with Crippen LogP contribution < -0.4 is 0 Å². The van der Waals surface area contributed by atoms with Crippen LogP contribution >= 0.6 is 27.3 Å². The van der Waals surface area contributed by atoms with Crippen LogP contribution in [0.3, 0.4) is 0 Å². The van der Waals surface area contributed by atoms with Gasteiger partial charge in [0.1, 0.15) is 0 Å². The SMILES string of the molecule is O=C(O)C[C@@H]1CN(C(=O)CCCc2ccc(Br)s2)CCO1. The van der Waals surface area contributed by atoms with Gasteiger partial charge in [0, 0.05) is 24.4 Å². The molecule has 0 aromatic carbocycles. The Balaban J connectivity index is 1.73. The van der Waals surface area contributed by atoms with E-state index in [1.54, 1.807) is 16.2 Å². The van der Waals surface area contributed by atoms with E-state index in [1.165, 1.54) is 4.88 Å². The number of carbonyl (C=O) groups excluding carboxylic acids is 1. The number of rotatable bonds is 6. The number of morpholine rings is 1. The zero-order valence-corrected chi connectivity index (χ0v) is 14.0. The molecule has 1 saturated heterocycles. The van der Waals surface area contributed by atoms with Gasteiger partial charge in [-0.2, -0.15) is 0 Å². The molecular formula is C14H18BrNO4S. The van der Waals surface area contributed by atoms with Crippen molar-refractivity contribution in [3.63, 3.8) is 0 Å². The lowest BCUT2D eigenvalue weighted by Crippen LogP contribution is -2.46. The van der Waals surface area contributed by atoms with Crippen LogP contribution in [0.15, 0.2) is 15.9 Å². The zero-order chi connectivity index (χ0) is 15.2. The third kappa shape index (κ3) is 5.41. The number of hydrogen-bond donors (Lipinski definition) is 1. The van der Waals surface area contributed by atoms with Gasteiger partial charge in [0.2, 0.25) is 5.91 Å². The molecule has 1 aromatic rings. The van der Waals surface area contributed by atoms with Crippen molar-refractivity contribution in [2.24, 2.45) is 0 Å². The van der Waals surface area contributed by atoms with Crippen LogP contribution in [0.1, 0.15) is 24.1 Å². The fourth-order valence-corrected chi connectivity index (χ4v) is 3.85. The molecule has 1 atom stereocenters. The molecule has 0 unspecified atom stereocenters. The predicted octanol–water partition coefficient (Wildman–Crippen LogP) is 2.54. The quantitative estimate of drug-likeness (QED) is 0.829. The molecule has 1 fully saturated rings. The minimum atomic E-state index is -0.891. The number of carboxylic acids is 1. The first-order valence-electron chi connectivity index (χ1n) is 6.90. The van der Waals surface area contributed by atoms with E-state index in [1.807, 2.05) is 6.07 Å². The monoisotopic (exact) mass is 375 g/mol. The third-order valence-electron chi connectivity index (χ3n) is 3.34. The number of aliphatic carboxylic acids is 1. The van der Waals surface area contributed by atoms with Crippen molar-refractivity contribution in [1.29, 1.82) is 0 Å². The lowest BCUT2D eigenvalue weighted by Gasteiger charge is -2.32. The summed E-state index contributed by atoms with van der Waals surface area (Å²) in [5, 5.41) is 8.77. The number of hydrogen-bond acceptors (Lipinski definition) is 4. The Hall–Kier alpha value is -0.920. The Morgan fingerprint density at radius 2 is 2.29 bits per heavy atom. The summed E-state index contributed by atoms with van der Waals surface area (Å²) in [6.07, 6.45) is 1.77. The number of halogens is 1. The standard InChI is InChI=1S/C14H18BrNO4S/c15-12-5-4-11(21-12)2-1-3-13(17)16-6-7-20-10(9-16)8-14(18)19/h4-5,10H,1-3,6-9H2,(H,18,19)/t10-/m1/s1. The van der Waals surface area contributed by atoms with Crippen molar-refractivity contribution in [3.8, 4) is 0 Å². The topological polar surface area (TPSA) is 66.8 Å². The van der Waals surface area contributed by atoms with E-state index in [-0.39, 0.29) is 18.4 Å². The Morgan fingerprint density at radius 1 is 1.48 bits per heavy atom. The molecule has 2 heterocycles. The highest BCUT2D eigenvalue weighted by atomic mass is 79.9. The van der Waals surface area contributed by atoms with Crippen LogP contribution in [0.2, 0.25) is 0 Å². The number of carbonyl (C=O) groups is 2. The maximum atomic E-state index is 12.1. The molecule has 1 N–H and O–H groups in total. The second-order valence-electron chi connectivity index (χ2n) is 4.99. The highest BCUT2D eigenvalue weighted by molar-refractivity contribution is 9.11. The lowest BCUT2D eigenvalue weighted by atomic mass is 10.1. The average Bonchev–Trinajstić information content (AvgIpc) is 2.84. The summed E-state index contributed by atoms with van der Waals surface area (Å²) in [5.41, 5.74) is 0. The van der Waals surface area contributed by atoms with Crippen LogP contribution in [-0.2, 0) is 20.7 Å². The zero-order valence-electron chi connectivity index (χ0n) is 11.6. The van der Waals surface area contributed by atoms with Crippen molar-refractivity contribution >= 4 is 39.1 Å². The summed E-state index contributed by atoms with van der Waals surface area (Å²) in [6, 6.07) is 4.08. The number of ether oxygens (including phenoxy) is 1. The second-order valence-corrected chi connectivity index (χ2v) is 7.54. The van der Waals surface area contributed by atoms with E-state index >= 15 is 0 Å². The van der Waals surface area contributed by atoms with E-state index in [9.17, 15) is 9.59 Å². The summed E-state index contributed by atoms with van der Waals surface area (Å²) in [5.74, 6) is -0.804. The molecule has 5 nitrogen and oxygen atoms in total. The summed E-state index contributed by atoms with van der Waals surface area (Å²) < 4.78 is 6.47. The fraction of sp³-hybridized carbons (Fsp3) is 0.571. The van der Waals surface area contributed by atoms with Gasteiger partial charge in [0.05, 0.1) is 22.9 Å². The van der Waals surface area contributed by atoms with Gasteiger partial charge < -0.3 is 14.7 Å². The largest absolute Gasteiger partial charge is 0.481 e. The van der Waals surface area contributed by atoms with Gasteiger partial charge in [-0.1, -0.05) is 0 Å². The Bertz CT molecular complexity index is 505. The van der Waals surface area contributed by atoms with Gasteiger partial charge >= 0.3 is 5.97 Å². The van der Waals surface area contributed by atoms with Gasteiger partial charge in [-0.3, -0.25) is 9.59 Å². The molecule has 0 radical (unpaired) electrons. The van der Waals surface area contributed by atoms with Crippen LogP contribution in [0, 0.1) is 0 Å². The number of thiophene rings is 1. The van der Waals surface area contributed by atoms with Crippen molar-refractivity contribution in [2.75, 3.05) is 19.7 Å². The summed E-state index contributed by atoms with van der Waals surface area (Å²) in [7, 11) is 0. The lowest BCUT2D eigenvalue weighted by molar-refractivity contribution is -0.147. The van der Waals surface area contributed by atoms with Gasteiger partial charge in [-0.25, -0.2) is 0 Å². The predicted molar refractivity (Wildman–Crippen MR) is 83.5 cm³/mol. The minimum Gasteiger partial charge on any atom is -0.481 e. The van der Waals surface area contributed by atoms with Crippen molar-refractivity contribution in [3.05, 3.63) is 20.8 Å². The van der Waals surface area contributed by atoms with E-state index in [2.05, 4.69) is 22.0 Å². The number of carboxylic acid groups (broad SMARTS) is 1. The first kappa shape index (κ1) is 16.5. The van der Waals surface area contributed by atoms with Crippen molar-refractivity contribution < 1.29 is 19.4 Å². The first-order valence-corrected chi connectivity index (χ1v) is 8.51. The maximum absolute atomic E-state index is 12.1. The van der Waals surface area contributed by atoms with E-state index in [4.69, 9.17) is 9.84 Å². The van der Waals surface area contributed by atoms with Crippen molar-refractivity contribution in [2.45, 2.75) is 31.8 Å². The maximum Gasteiger partial charge on any atom is 0.306 e. The van der Waals surface area contributed by atoms with E-state index < -0.39 is 5.97 Å². The number of aryl methyl sites for hydroxylation is 1. The Morgan fingerprint density at radius 3 is 2.95 bits per heavy atom. The Labute approximate surface area is 136 Å². The first-order chi connectivity index (χ1) is 10.0. The number of nitrogens with zero attached hydrogens (tertiary/aromatic N) is 1. The van der Waals surface area contributed by atoms with Gasteiger partial charge in [0.15, 0.2) is 0 Å². The van der Waals surface area contributed by atoms with E-state index in [0.717, 1.165) is 16.6 Å². The highest BCUT2D eigenvalue weighted by Crippen LogP contribution is 2.23. The molecule has 116 valence electrons. The molecule has 1 aromatic heterocycles. The fourth-order valence-electron chi connectivity index (χ4n) is 2.32. The van der Waals surface area contributed by atoms with Crippen LogP contribution in [0.4, 0.5) is 0 Å². The van der Waals surface area contributed by atoms with E-state index in [0.29, 0.717) is 26.1 Å². The second kappa shape index (κ2) is 7.91. The minimum absolute atomic E-state index is 0.0486. The molecule has 2 rings (SSSR count). The van der Waals surface area contributed by atoms with Crippen LogP contribution in [-0.4, -0.2) is 47.7 Å². The molecular weight excluding hydrogens is 358 g/mol. The summed E-state index contributed by atoms with van der Waals surface area (Å²) in [4.78, 5) is 25.8. The smallest absolute Gasteiger partial charge is 0.306 e. The third-order valence-corrected chi connectivity index (χ3v) is 5.02. The molecule has 21 heavy (non-hydrogen) atoms. The molecule has 1 amide bonds. The molecule has 0 aliphatic carbocycles. The van der Waals surface area contributed by atoms with Gasteiger partial charge in [-0.15, -0.1) is 11.3 Å². The van der Waals surface area contributed by atoms with Gasteiger partial charge in [-0.05, 0) is 40.9 Å². The molecule has 1 aliphatic heterocycles. The highest BCUT2D eigenvalue weighted by Gasteiger charge is 2.25. The molecule has 0 spiro atoms. The summed E-state index contributed by atoms with van der Waals surface area (Å²) >= 11 is 5.11. The normalized spacial score (nSPS) is 18.7. The average molecular weight is 376 g/mol. The van der Waals surface area contributed by atoms with Crippen LogP contribution in [0.25, 0.3) is 0 Å². The molecule has 0 bridgehead atoms. The summed E-state index contributed by atoms with van der Waals surface area (Å²) in [6.45, 7) is 1.36. The number of amides is 1. The van der Waals surface area contributed by atoms with Crippen molar-refractivity contribution in [1.82, 2.24) is 4.90 Å². The molecule has 7 heteroatoms. The van der Waals surface area contributed by atoms with Crippen LogP contribution in [0.5, 0.6) is 0 Å². The molecule has 0 saturated carbocycles.